The summed E-state index contributed by atoms with van der Waals surface area (Å²) in [6.07, 6.45) is 7.13. The lowest BCUT2D eigenvalue weighted by Crippen LogP contribution is -2.42. The Balaban J connectivity index is 1.57. The van der Waals surface area contributed by atoms with Gasteiger partial charge in [0, 0.05) is 24.7 Å². The third-order valence-corrected chi connectivity index (χ3v) is 6.76. The van der Waals surface area contributed by atoms with Gasteiger partial charge in [-0.25, -0.2) is 8.42 Å². The number of carbonyl (C=O) groups is 1. The average molecular weight is 407 g/mol. The Bertz CT molecular complexity index is 805. The number of piperidine rings is 1. The maximum atomic E-state index is 12.6. The van der Waals surface area contributed by atoms with Crippen molar-refractivity contribution in [3.8, 4) is 0 Å². The zero-order valence-corrected chi connectivity index (χ0v) is 17.3. The number of amidine groups is 1. The van der Waals surface area contributed by atoms with E-state index in [1.165, 1.54) is 18.6 Å². The topological polar surface area (TPSA) is 90.9 Å². The molecule has 1 atom stereocenters. The molecule has 1 amide bonds. The number of nitrogens with one attached hydrogen (secondary N) is 2. The average Bonchev–Trinajstić information content (AvgIpc) is 2.92. The largest absolute Gasteiger partial charge is 0.325 e. The number of sulfonamides is 1. The molecule has 1 aromatic rings. The number of hydrogen-bond acceptors (Lipinski definition) is 5. The smallest absolute Gasteiger partial charge is 0.262 e. The standard InChI is InChI=1S/C20H30N4O3S/c1-16-7-4-6-14-24(16)15-20(25)22-17-9-11-18(12-10-17)28(26,27)23-19-8-3-2-5-13-21-19/h9-12,16H,2-8,13-15H2,1H3,(H,21,23)(H,22,25). The third-order valence-electron chi connectivity index (χ3n) is 5.36. The van der Waals surface area contributed by atoms with E-state index in [9.17, 15) is 13.2 Å². The summed E-state index contributed by atoms with van der Waals surface area (Å²) in [5, 5.41) is 2.86. The maximum Gasteiger partial charge on any atom is 0.262 e. The van der Waals surface area contributed by atoms with E-state index in [0.29, 0.717) is 37.1 Å². The van der Waals surface area contributed by atoms with E-state index >= 15 is 0 Å². The third kappa shape index (κ3) is 5.78. The van der Waals surface area contributed by atoms with E-state index in [0.717, 1.165) is 38.6 Å². The van der Waals surface area contributed by atoms with Gasteiger partial charge in [0.05, 0.1) is 11.4 Å². The number of carbonyl (C=O) groups excluding carboxylic acids is 1. The van der Waals surface area contributed by atoms with Crippen LogP contribution in [0.2, 0.25) is 0 Å². The SMILES string of the molecule is CC1CCCCN1CC(=O)Nc1ccc(S(=O)(=O)NC2=NCCCCC2)cc1. The van der Waals surface area contributed by atoms with Gasteiger partial charge < -0.3 is 5.32 Å². The van der Waals surface area contributed by atoms with E-state index in [4.69, 9.17) is 0 Å². The minimum Gasteiger partial charge on any atom is -0.325 e. The Kier molecular flexibility index (Phi) is 7.07. The van der Waals surface area contributed by atoms with Crippen LogP contribution in [0.1, 0.15) is 51.9 Å². The Morgan fingerprint density at radius 1 is 1.14 bits per heavy atom. The first kappa shape index (κ1) is 20.8. The molecule has 1 unspecified atom stereocenters. The highest BCUT2D eigenvalue weighted by atomic mass is 32.2. The van der Waals surface area contributed by atoms with Crippen molar-refractivity contribution in [1.82, 2.24) is 9.62 Å². The minimum atomic E-state index is -3.65. The van der Waals surface area contributed by atoms with Gasteiger partial charge in [-0.3, -0.25) is 19.4 Å². The molecule has 0 bridgehead atoms. The van der Waals surface area contributed by atoms with Gasteiger partial charge in [-0.2, -0.15) is 0 Å². The fourth-order valence-corrected chi connectivity index (χ4v) is 4.76. The predicted octanol–water partition coefficient (Wildman–Crippen LogP) is 2.75. The van der Waals surface area contributed by atoms with Gasteiger partial charge in [-0.05, 0) is 63.4 Å². The van der Waals surface area contributed by atoms with Gasteiger partial charge in [-0.1, -0.05) is 12.8 Å². The number of nitrogens with zero attached hydrogens (tertiary/aromatic N) is 2. The second-order valence-corrected chi connectivity index (χ2v) is 9.31. The molecular weight excluding hydrogens is 376 g/mol. The summed E-state index contributed by atoms with van der Waals surface area (Å²) in [6.45, 7) is 4.13. The van der Waals surface area contributed by atoms with E-state index in [-0.39, 0.29) is 10.8 Å². The Hall–Kier alpha value is -1.93. The molecule has 0 radical (unpaired) electrons. The van der Waals surface area contributed by atoms with Crippen molar-refractivity contribution < 1.29 is 13.2 Å². The molecule has 1 saturated heterocycles. The maximum absolute atomic E-state index is 12.6. The lowest BCUT2D eigenvalue weighted by Gasteiger charge is -2.32. The molecule has 0 spiro atoms. The highest BCUT2D eigenvalue weighted by Crippen LogP contribution is 2.18. The quantitative estimate of drug-likeness (QED) is 0.787. The number of hydrogen-bond donors (Lipinski definition) is 2. The summed E-state index contributed by atoms with van der Waals surface area (Å²) in [7, 11) is -3.65. The van der Waals surface area contributed by atoms with Crippen molar-refractivity contribution >= 4 is 27.5 Å². The first-order valence-electron chi connectivity index (χ1n) is 10.1. The van der Waals surface area contributed by atoms with Crippen LogP contribution in [0.4, 0.5) is 5.69 Å². The van der Waals surface area contributed by atoms with E-state index < -0.39 is 10.0 Å². The summed E-state index contributed by atoms with van der Waals surface area (Å²) in [6, 6.07) is 6.70. The van der Waals surface area contributed by atoms with Crippen LogP contribution in [-0.2, 0) is 14.8 Å². The van der Waals surface area contributed by atoms with Gasteiger partial charge in [0.15, 0.2) is 0 Å². The number of rotatable bonds is 5. The van der Waals surface area contributed by atoms with Gasteiger partial charge in [-0.15, -0.1) is 0 Å². The second kappa shape index (κ2) is 9.52. The predicted molar refractivity (Wildman–Crippen MR) is 111 cm³/mol. The van der Waals surface area contributed by atoms with Crippen LogP contribution in [0.5, 0.6) is 0 Å². The molecule has 28 heavy (non-hydrogen) atoms. The van der Waals surface area contributed by atoms with Gasteiger partial charge >= 0.3 is 0 Å². The molecule has 154 valence electrons. The second-order valence-electron chi connectivity index (χ2n) is 7.63. The van der Waals surface area contributed by atoms with Gasteiger partial charge in [0.2, 0.25) is 5.91 Å². The highest BCUT2D eigenvalue weighted by Gasteiger charge is 2.21. The van der Waals surface area contributed by atoms with Crippen LogP contribution in [0.25, 0.3) is 0 Å². The summed E-state index contributed by atoms with van der Waals surface area (Å²) in [5.74, 6) is 0.459. The lowest BCUT2D eigenvalue weighted by molar-refractivity contribution is -0.118. The molecule has 2 heterocycles. The highest BCUT2D eigenvalue weighted by molar-refractivity contribution is 7.90. The van der Waals surface area contributed by atoms with Gasteiger partial charge in [0.1, 0.15) is 5.84 Å². The number of benzene rings is 1. The zero-order valence-electron chi connectivity index (χ0n) is 16.5. The normalized spacial score (nSPS) is 21.5. The van der Waals surface area contributed by atoms with Gasteiger partial charge in [0.25, 0.3) is 10.0 Å². The Morgan fingerprint density at radius 2 is 1.93 bits per heavy atom. The van der Waals surface area contributed by atoms with Crippen molar-refractivity contribution in [1.29, 1.82) is 0 Å². The van der Waals surface area contributed by atoms with Crippen LogP contribution in [0.3, 0.4) is 0 Å². The summed E-state index contributed by atoms with van der Waals surface area (Å²) >= 11 is 0. The molecule has 2 aliphatic rings. The van der Waals surface area contributed by atoms with Crippen LogP contribution in [0, 0.1) is 0 Å². The van der Waals surface area contributed by atoms with E-state index in [2.05, 4.69) is 26.9 Å². The molecule has 0 aromatic heterocycles. The zero-order chi connectivity index (χ0) is 20.0. The molecule has 7 nitrogen and oxygen atoms in total. The monoisotopic (exact) mass is 406 g/mol. The summed E-state index contributed by atoms with van der Waals surface area (Å²) in [5.41, 5.74) is 0.598. The fraction of sp³-hybridized carbons (Fsp3) is 0.600. The van der Waals surface area contributed by atoms with Crippen LogP contribution in [-0.4, -0.2) is 50.7 Å². The molecule has 2 aliphatic heterocycles. The number of anilines is 1. The molecule has 1 fully saturated rings. The number of aliphatic imine (C=N–C) groups is 1. The lowest BCUT2D eigenvalue weighted by atomic mass is 10.0. The van der Waals surface area contributed by atoms with Crippen molar-refractivity contribution in [2.24, 2.45) is 4.99 Å². The molecular formula is C20H30N4O3S. The fourth-order valence-electron chi connectivity index (χ4n) is 3.67. The summed E-state index contributed by atoms with van der Waals surface area (Å²) < 4.78 is 27.7. The summed E-state index contributed by atoms with van der Waals surface area (Å²) in [4.78, 5) is 19.0. The van der Waals surface area contributed by atoms with Crippen LogP contribution in [0.15, 0.2) is 34.2 Å². The molecule has 0 saturated carbocycles. The molecule has 2 N–H and O–H groups in total. The van der Waals surface area contributed by atoms with Crippen LogP contribution >= 0.6 is 0 Å². The minimum absolute atomic E-state index is 0.0738. The van der Waals surface area contributed by atoms with Crippen molar-refractivity contribution in [3.05, 3.63) is 24.3 Å². The Morgan fingerprint density at radius 3 is 2.68 bits per heavy atom. The van der Waals surface area contributed by atoms with E-state index in [1.807, 2.05) is 0 Å². The van der Waals surface area contributed by atoms with Crippen molar-refractivity contribution in [2.45, 2.75) is 62.8 Å². The molecule has 0 aliphatic carbocycles. The van der Waals surface area contributed by atoms with Crippen molar-refractivity contribution in [2.75, 3.05) is 25.0 Å². The molecule has 1 aromatic carbocycles. The van der Waals surface area contributed by atoms with Crippen LogP contribution < -0.4 is 10.0 Å². The van der Waals surface area contributed by atoms with Crippen molar-refractivity contribution in [3.63, 3.8) is 0 Å². The Labute approximate surface area is 167 Å². The first-order valence-corrected chi connectivity index (χ1v) is 11.6. The molecule has 3 rings (SSSR count). The number of likely N-dealkylation sites (tertiary alicyclic amines) is 1. The molecule has 8 heteroatoms. The van der Waals surface area contributed by atoms with E-state index in [1.54, 1.807) is 12.1 Å². The first-order chi connectivity index (χ1) is 13.4. The number of amides is 1.